The number of hydrogen-bond donors (Lipinski definition) is 0. The molecule has 0 spiro atoms. The first-order valence-corrected chi connectivity index (χ1v) is 4.52. The molecule has 0 N–H and O–H groups in total. The molecule has 0 saturated carbocycles. The normalized spacial score (nSPS) is 10.4. The zero-order valence-corrected chi connectivity index (χ0v) is 8.23. The summed E-state index contributed by atoms with van der Waals surface area (Å²) in [6.07, 6.45) is -2.02. The number of nitrogens with zero attached hydrogens (tertiary/aromatic N) is 2. The predicted molar refractivity (Wildman–Crippen MR) is 48.0 cm³/mol. The Morgan fingerprint density at radius 1 is 1.53 bits per heavy atom. The zero-order valence-electron chi connectivity index (χ0n) is 7.48. The molecule has 0 bridgehead atoms. The van der Waals surface area contributed by atoms with Crippen LogP contribution in [0.4, 0.5) is 13.2 Å². The second-order valence-corrected chi connectivity index (χ2v) is 3.00. The standard InChI is InChI=1S/C9H6ClF3N2/c10-3-6-5(1-2-14)4-15-8(7(6)11)9(12)13/h4,9H,1,3H2. The van der Waals surface area contributed by atoms with E-state index in [-0.39, 0.29) is 23.4 Å². The molecular formula is C9H6ClF3N2. The van der Waals surface area contributed by atoms with Crippen LogP contribution in [0.5, 0.6) is 0 Å². The highest BCUT2D eigenvalue weighted by Gasteiger charge is 2.20. The molecule has 0 aromatic carbocycles. The minimum atomic E-state index is -2.98. The number of alkyl halides is 3. The van der Waals surface area contributed by atoms with E-state index in [1.807, 2.05) is 0 Å². The van der Waals surface area contributed by atoms with Gasteiger partial charge in [-0.3, -0.25) is 4.98 Å². The molecule has 0 aliphatic rings. The average molecular weight is 235 g/mol. The number of halogens is 4. The summed E-state index contributed by atoms with van der Waals surface area (Å²) in [6, 6.07) is 1.78. The summed E-state index contributed by atoms with van der Waals surface area (Å²) in [6.45, 7) is 0. The maximum Gasteiger partial charge on any atom is 0.283 e. The number of pyridine rings is 1. The topological polar surface area (TPSA) is 36.7 Å². The highest BCUT2D eigenvalue weighted by Crippen LogP contribution is 2.25. The Morgan fingerprint density at radius 2 is 2.20 bits per heavy atom. The molecule has 0 fully saturated rings. The molecule has 1 aromatic rings. The van der Waals surface area contributed by atoms with Crippen molar-refractivity contribution in [1.29, 1.82) is 5.26 Å². The minimum Gasteiger partial charge on any atom is -0.252 e. The van der Waals surface area contributed by atoms with Crippen molar-refractivity contribution in [3.05, 3.63) is 28.8 Å². The van der Waals surface area contributed by atoms with E-state index >= 15 is 0 Å². The van der Waals surface area contributed by atoms with Gasteiger partial charge in [0.2, 0.25) is 0 Å². The fourth-order valence-electron chi connectivity index (χ4n) is 1.11. The molecule has 15 heavy (non-hydrogen) atoms. The predicted octanol–water partition coefficient (Wildman–Crippen LogP) is 2.96. The van der Waals surface area contributed by atoms with Crippen molar-refractivity contribution >= 4 is 11.6 Å². The Kier molecular flexibility index (Phi) is 3.92. The van der Waals surface area contributed by atoms with E-state index < -0.39 is 17.9 Å². The van der Waals surface area contributed by atoms with Crippen LogP contribution in [0.1, 0.15) is 23.2 Å². The number of aromatic nitrogens is 1. The van der Waals surface area contributed by atoms with Crippen LogP contribution < -0.4 is 0 Å². The third kappa shape index (κ3) is 2.39. The summed E-state index contributed by atoms with van der Waals surface area (Å²) in [5.41, 5.74) is -0.759. The number of nitriles is 1. The third-order valence-corrected chi connectivity index (χ3v) is 2.11. The van der Waals surface area contributed by atoms with Gasteiger partial charge in [0, 0.05) is 11.8 Å². The lowest BCUT2D eigenvalue weighted by molar-refractivity contribution is 0.140. The first-order chi connectivity index (χ1) is 7.11. The van der Waals surface area contributed by atoms with E-state index in [9.17, 15) is 13.2 Å². The van der Waals surface area contributed by atoms with E-state index in [0.717, 1.165) is 6.20 Å². The molecular weight excluding hydrogens is 229 g/mol. The molecule has 80 valence electrons. The molecule has 2 nitrogen and oxygen atoms in total. The van der Waals surface area contributed by atoms with E-state index in [0.29, 0.717) is 0 Å². The first kappa shape index (κ1) is 11.8. The van der Waals surface area contributed by atoms with E-state index in [4.69, 9.17) is 16.9 Å². The van der Waals surface area contributed by atoms with Gasteiger partial charge in [-0.05, 0) is 5.56 Å². The van der Waals surface area contributed by atoms with Crippen LogP contribution in [-0.4, -0.2) is 4.98 Å². The van der Waals surface area contributed by atoms with Crippen molar-refractivity contribution < 1.29 is 13.2 Å². The fraction of sp³-hybridized carbons (Fsp3) is 0.333. The second-order valence-electron chi connectivity index (χ2n) is 2.73. The van der Waals surface area contributed by atoms with Crippen molar-refractivity contribution in [1.82, 2.24) is 4.98 Å². The molecule has 0 aliphatic heterocycles. The summed E-state index contributed by atoms with van der Waals surface area (Å²) in [4.78, 5) is 3.27. The quantitative estimate of drug-likeness (QED) is 0.754. The minimum absolute atomic E-state index is 0.0801. The van der Waals surface area contributed by atoms with Crippen LogP contribution in [0.15, 0.2) is 6.20 Å². The molecule has 0 atom stereocenters. The van der Waals surface area contributed by atoms with Gasteiger partial charge in [-0.1, -0.05) is 0 Å². The summed E-state index contributed by atoms with van der Waals surface area (Å²) >= 11 is 5.43. The maximum absolute atomic E-state index is 13.4. The van der Waals surface area contributed by atoms with Gasteiger partial charge >= 0.3 is 0 Å². The van der Waals surface area contributed by atoms with Gasteiger partial charge < -0.3 is 0 Å². The van der Waals surface area contributed by atoms with Crippen LogP contribution in [0.3, 0.4) is 0 Å². The van der Waals surface area contributed by atoms with E-state index in [1.165, 1.54) is 0 Å². The Hall–Kier alpha value is -1.28. The lowest BCUT2D eigenvalue weighted by atomic mass is 10.1. The summed E-state index contributed by atoms with van der Waals surface area (Å²) in [5.74, 6) is -1.38. The van der Waals surface area contributed by atoms with Gasteiger partial charge in [-0.15, -0.1) is 11.6 Å². The maximum atomic E-state index is 13.4. The van der Waals surface area contributed by atoms with Crippen LogP contribution >= 0.6 is 11.6 Å². The SMILES string of the molecule is N#CCc1cnc(C(F)F)c(F)c1CCl. The van der Waals surface area contributed by atoms with Gasteiger partial charge in [-0.25, -0.2) is 13.2 Å². The van der Waals surface area contributed by atoms with Crippen LogP contribution in [-0.2, 0) is 12.3 Å². The summed E-state index contributed by atoms with van der Waals surface area (Å²) in [5, 5.41) is 8.42. The average Bonchev–Trinajstić information content (AvgIpc) is 2.18. The van der Waals surface area contributed by atoms with Gasteiger partial charge in [0.05, 0.1) is 18.4 Å². The lowest BCUT2D eigenvalue weighted by Gasteiger charge is -2.08. The van der Waals surface area contributed by atoms with E-state index in [1.54, 1.807) is 6.07 Å². The van der Waals surface area contributed by atoms with Crippen LogP contribution in [0, 0.1) is 17.1 Å². The number of rotatable bonds is 3. The highest BCUT2D eigenvalue weighted by atomic mass is 35.5. The molecule has 0 radical (unpaired) electrons. The molecule has 0 amide bonds. The Labute approximate surface area is 89.3 Å². The van der Waals surface area contributed by atoms with Crippen molar-refractivity contribution in [3.63, 3.8) is 0 Å². The lowest BCUT2D eigenvalue weighted by Crippen LogP contribution is -2.04. The van der Waals surface area contributed by atoms with Crippen LogP contribution in [0.25, 0.3) is 0 Å². The highest BCUT2D eigenvalue weighted by molar-refractivity contribution is 6.17. The van der Waals surface area contributed by atoms with E-state index in [2.05, 4.69) is 4.98 Å². The van der Waals surface area contributed by atoms with Crippen molar-refractivity contribution in [2.45, 2.75) is 18.7 Å². The van der Waals surface area contributed by atoms with Gasteiger partial charge in [0.1, 0.15) is 5.69 Å². The van der Waals surface area contributed by atoms with Gasteiger partial charge in [0.15, 0.2) is 5.82 Å². The monoisotopic (exact) mass is 234 g/mol. The van der Waals surface area contributed by atoms with Gasteiger partial charge in [-0.2, -0.15) is 5.26 Å². The summed E-state index contributed by atoms with van der Waals surface area (Å²) < 4.78 is 37.9. The van der Waals surface area contributed by atoms with Crippen molar-refractivity contribution in [2.24, 2.45) is 0 Å². The molecule has 0 saturated heterocycles. The van der Waals surface area contributed by atoms with Crippen molar-refractivity contribution in [3.8, 4) is 6.07 Å². The summed E-state index contributed by atoms with van der Waals surface area (Å²) in [7, 11) is 0. The fourth-order valence-corrected chi connectivity index (χ4v) is 1.40. The Morgan fingerprint density at radius 3 is 2.67 bits per heavy atom. The zero-order chi connectivity index (χ0) is 11.4. The molecule has 1 heterocycles. The number of hydrogen-bond acceptors (Lipinski definition) is 2. The Balaban J connectivity index is 3.27. The van der Waals surface area contributed by atoms with Crippen molar-refractivity contribution in [2.75, 3.05) is 0 Å². The first-order valence-electron chi connectivity index (χ1n) is 3.99. The molecule has 1 rings (SSSR count). The third-order valence-electron chi connectivity index (χ3n) is 1.85. The van der Waals surface area contributed by atoms with Crippen LogP contribution in [0.2, 0.25) is 0 Å². The van der Waals surface area contributed by atoms with Gasteiger partial charge in [0.25, 0.3) is 6.43 Å². The second kappa shape index (κ2) is 4.99. The Bertz CT molecular complexity index is 401. The largest absolute Gasteiger partial charge is 0.283 e. The molecule has 6 heteroatoms. The molecule has 1 aromatic heterocycles. The smallest absolute Gasteiger partial charge is 0.252 e. The molecule has 0 aliphatic carbocycles. The molecule has 0 unspecified atom stereocenters.